The van der Waals surface area contributed by atoms with Crippen LogP contribution >= 0.6 is 23.4 Å². The number of benzene rings is 1. The van der Waals surface area contributed by atoms with E-state index in [9.17, 15) is 20.0 Å². The Labute approximate surface area is 119 Å². The van der Waals surface area contributed by atoms with E-state index < -0.39 is 15.6 Å². The lowest BCUT2D eigenvalue weighted by atomic mass is 9.93. The van der Waals surface area contributed by atoms with Gasteiger partial charge in [0.25, 0.3) is 5.69 Å². The van der Waals surface area contributed by atoms with E-state index in [0.717, 1.165) is 12.2 Å². The minimum atomic E-state index is -0.963. The molecule has 1 saturated heterocycles. The predicted octanol–water partition coefficient (Wildman–Crippen LogP) is 3.14. The summed E-state index contributed by atoms with van der Waals surface area (Å²) in [7, 11) is 0. The first-order valence-electron chi connectivity index (χ1n) is 5.75. The molecule has 5 nitrogen and oxygen atoms in total. The first-order chi connectivity index (χ1) is 8.94. The van der Waals surface area contributed by atoms with Crippen LogP contribution in [-0.2, 0) is 11.2 Å². The fourth-order valence-electron chi connectivity index (χ4n) is 2.26. The second kappa shape index (κ2) is 5.38. The molecule has 1 atom stereocenters. The predicted molar refractivity (Wildman–Crippen MR) is 73.9 cm³/mol. The van der Waals surface area contributed by atoms with Gasteiger partial charge in [-0.3, -0.25) is 14.9 Å². The van der Waals surface area contributed by atoms with Crippen LogP contribution < -0.4 is 0 Å². The van der Waals surface area contributed by atoms with Crippen LogP contribution in [0.5, 0.6) is 0 Å². The van der Waals surface area contributed by atoms with Crippen molar-refractivity contribution >= 4 is 35.0 Å². The maximum Gasteiger partial charge on any atom is 0.320 e. The standard InChI is InChI=1S/C12H12ClNO4S/c13-9-2-3-10(14(17)18)8(6-9)7-12(11(15)16)4-1-5-19-12/h2-3,6H,1,4-5,7H2,(H,15,16). The third kappa shape index (κ3) is 2.84. The van der Waals surface area contributed by atoms with E-state index >= 15 is 0 Å². The van der Waals surface area contributed by atoms with Crippen molar-refractivity contribution in [2.24, 2.45) is 0 Å². The van der Waals surface area contributed by atoms with E-state index in [4.69, 9.17) is 11.6 Å². The van der Waals surface area contributed by atoms with Crippen molar-refractivity contribution in [3.05, 3.63) is 38.9 Å². The Hall–Kier alpha value is -1.27. The van der Waals surface area contributed by atoms with E-state index in [2.05, 4.69) is 0 Å². The Morgan fingerprint density at radius 2 is 2.32 bits per heavy atom. The van der Waals surface area contributed by atoms with Gasteiger partial charge in [-0.2, -0.15) is 0 Å². The van der Waals surface area contributed by atoms with E-state index in [1.165, 1.54) is 30.0 Å². The molecule has 2 rings (SSSR count). The maximum absolute atomic E-state index is 11.5. The number of carboxylic acids is 1. The van der Waals surface area contributed by atoms with Crippen molar-refractivity contribution in [3.8, 4) is 0 Å². The molecule has 0 spiro atoms. The van der Waals surface area contributed by atoms with Crippen molar-refractivity contribution in [1.82, 2.24) is 0 Å². The number of hydrogen-bond donors (Lipinski definition) is 1. The zero-order chi connectivity index (χ0) is 14.0. The summed E-state index contributed by atoms with van der Waals surface area (Å²) < 4.78 is -0.963. The summed E-state index contributed by atoms with van der Waals surface area (Å²) >= 11 is 7.21. The molecule has 102 valence electrons. The van der Waals surface area contributed by atoms with Crippen LogP contribution in [-0.4, -0.2) is 26.5 Å². The monoisotopic (exact) mass is 301 g/mol. The van der Waals surface area contributed by atoms with Gasteiger partial charge in [0.2, 0.25) is 0 Å². The summed E-state index contributed by atoms with van der Waals surface area (Å²) in [6.45, 7) is 0. The number of hydrogen-bond acceptors (Lipinski definition) is 4. The first-order valence-corrected chi connectivity index (χ1v) is 7.11. The van der Waals surface area contributed by atoms with Gasteiger partial charge in [0.1, 0.15) is 4.75 Å². The lowest BCUT2D eigenvalue weighted by molar-refractivity contribution is -0.385. The molecular weight excluding hydrogens is 290 g/mol. The van der Waals surface area contributed by atoms with Gasteiger partial charge in [-0.05, 0) is 30.7 Å². The van der Waals surface area contributed by atoms with Gasteiger partial charge in [-0.1, -0.05) is 11.6 Å². The SMILES string of the molecule is O=C(O)C1(Cc2cc(Cl)ccc2[N+](=O)[O-])CCCS1. The molecule has 0 radical (unpaired) electrons. The highest BCUT2D eigenvalue weighted by molar-refractivity contribution is 8.01. The van der Waals surface area contributed by atoms with E-state index in [0.29, 0.717) is 17.0 Å². The number of rotatable bonds is 4. The van der Waals surface area contributed by atoms with Crippen LogP contribution in [0.4, 0.5) is 5.69 Å². The molecule has 0 bridgehead atoms. The number of halogens is 1. The molecule has 19 heavy (non-hydrogen) atoms. The van der Waals surface area contributed by atoms with Crippen LogP contribution in [0.2, 0.25) is 5.02 Å². The summed E-state index contributed by atoms with van der Waals surface area (Å²) in [5.41, 5.74) is 0.312. The maximum atomic E-state index is 11.5. The Kier molecular flexibility index (Phi) is 4.01. The quantitative estimate of drug-likeness (QED) is 0.682. The molecule has 1 N–H and O–H groups in total. The van der Waals surface area contributed by atoms with Gasteiger partial charge in [-0.15, -0.1) is 11.8 Å². The highest BCUT2D eigenvalue weighted by Gasteiger charge is 2.43. The van der Waals surface area contributed by atoms with Gasteiger partial charge in [-0.25, -0.2) is 0 Å². The van der Waals surface area contributed by atoms with Crippen molar-refractivity contribution in [3.63, 3.8) is 0 Å². The molecule has 7 heteroatoms. The van der Waals surface area contributed by atoms with E-state index in [1.807, 2.05) is 0 Å². The number of nitro benzene ring substituents is 1. The molecule has 1 aromatic carbocycles. The Balaban J connectivity index is 2.39. The summed E-state index contributed by atoms with van der Waals surface area (Å²) in [5, 5.41) is 20.8. The Bertz CT molecular complexity index is 528. The van der Waals surface area contributed by atoms with Crippen molar-refractivity contribution in [2.75, 3.05) is 5.75 Å². The van der Waals surface area contributed by atoms with E-state index in [1.54, 1.807) is 0 Å². The number of thioether (sulfide) groups is 1. The van der Waals surface area contributed by atoms with Crippen molar-refractivity contribution in [1.29, 1.82) is 0 Å². The van der Waals surface area contributed by atoms with Gasteiger partial charge in [0, 0.05) is 23.1 Å². The first kappa shape index (κ1) is 14.1. The summed E-state index contributed by atoms with van der Waals surface area (Å²) in [6.07, 6.45) is 1.46. The lowest BCUT2D eigenvalue weighted by Crippen LogP contribution is -2.35. The molecule has 1 heterocycles. The molecule has 1 fully saturated rings. The summed E-state index contributed by atoms with van der Waals surface area (Å²) in [6, 6.07) is 4.26. The second-order valence-electron chi connectivity index (χ2n) is 4.46. The van der Waals surface area contributed by atoms with Crippen LogP contribution in [0, 0.1) is 10.1 Å². The molecule has 0 aromatic heterocycles. The third-order valence-corrected chi connectivity index (χ3v) is 5.01. The zero-order valence-electron chi connectivity index (χ0n) is 9.97. The number of nitro groups is 1. The van der Waals surface area contributed by atoms with Crippen LogP contribution in [0.3, 0.4) is 0 Å². The topological polar surface area (TPSA) is 80.4 Å². The highest BCUT2D eigenvalue weighted by atomic mass is 35.5. The molecule has 1 aliphatic heterocycles. The summed E-state index contributed by atoms with van der Waals surface area (Å²) in [4.78, 5) is 22.0. The van der Waals surface area contributed by atoms with Crippen molar-refractivity contribution in [2.45, 2.75) is 24.0 Å². The second-order valence-corrected chi connectivity index (χ2v) is 6.37. The van der Waals surface area contributed by atoms with E-state index in [-0.39, 0.29) is 12.1 Å². The number of carboxylic acid groups (broad SMARTS) is 1. The zero-order valence-corrected chi connectivity index (χ0v) is 11.5. The fraction of sp³-hybridized carbons (Fsp3) is 0.417. The van der Waals surface area contributed by atoms with Gasteiger partial charge < -0.3 is 5.11 Å². The minimum Gasteiger partial charge on any atom is -0.480 e. The molecule has 0 saturated carbocycles. The van der Waals surface area contributed by atoms with Crippen LogP contribution in [0.25, 0.3) is 0 Å². The van der Waals surface area contributed by atoms with Gasteiger partial charge >= 0.3 is 5.97 Å². The molecule has 0 aliphatic carbocycles. The third-order valence-electron chi connectivity index (χ3n) is 3.21. The number of nitrogens with zero attached hydrogens (tertiary/aromatic N) is 1. The summed E-state index contributed by atoms with van der Waals surface area (Å²) in [5.74, 6) is -0.148. The highest BCUT2D eigenvalue weighted by Crippen LogP contribution is 2.42. The minimum absolute atomic E-state index is 0.0717. The Morgan fingerprint density at radius 3 is 2.84 bits per heavy atom. The molecule has 0 amide bonds. The molecule has 1 aromatic rings. The molecule has 1 aliphatic rings. The van der Waals surface area contributed by atoms with Gasteiger partial charge in [0.15, 0.2) is 0 Å². The van der Waals surface area contributed by atoms with Crippen LogP contribution in [0.1, 0.15) is 18.4 Å². The van der Waals surface area contributed by atoms with Gasteiger partial charge in [0.05, 0.1) is 4.92 Å². The molecule has 1 unspecified atom stereocenters. The average Bonchev–Trinajstić information content (AvgIpc) is 2.78. The normalized spacial score (nSPS) is 22.4. The molecular formula is C12H12ClNO4S. The Morgan fingerprint density at radius 1 is 1.58 bits per heavy atom. The number of carbonyl (C=O) groups is 1. The smallest absolute Gasteiger partial charge is 0.320 e. The fourth-order valence-corrected chi connectivity index (χ4v) is 3.81. The average molecular weight is 302 g/mol. The van der Waals surface area contributed by atoms with Crippen molar-refractivity contribution < 1.29 is 14.8 Å². The largest absolute Gasteiger partial charge is 0.480 e. The lowest BCUT2D eigenvalue weighted by Gasteiger charge is -2.22. The van der Waals surface area contributed by atoms with Crippen LogP contribution in [0.15, 0.2) is 18.2 Å². The number of aliphatic carboxylic acids is 1.